The van der Waals surface area contributed by atoms with Crippen LogP contribution in [-0.4, -0.2) is 72.2 Å². The Labute approximate surface area is 224 Å². The van der Waals surface area contributed by atoms with Crippen LogP contribution in [0.2, 0.25) is 5.02 Å². The zero-order valence-electron chi connectivity index (χ0n) is 18.9. The highest BCUT2D eigenvalue weighted by molar-refractivity contribution is 9.10. The number of carbonyl (C=O) groups excluding carboxylic acids is 4. The van der Waals surface area contributed by atoms with Crippen molar-refractivity contribution in [1.82, 2.24) is 9.80 Å². The molecule has 0 aromatic heterocycles. The lowest BCUT2D eigenvalue weighted by Gasteiger charge is -2.26. The third kappa shape index (κ3) is 6.67. The van der Waals surface area contributed by atoms with Crippen LogP contribution in [0.25, 0.3) is 6.08 Å². The molecule has 36 heavy (non-hydrogen) atoms. The number of nitrogens with zero attached hydrogens (tertiary/aromatic N) is 2. The first-order chi connectivity index (χ1) is 17.3. The van der Waals surface area contributed by atoms with E-state index in [2.05, 4.69) is 21.2 Å². The number of rotatable bonds is 7. The molecular weight excluding hydrogens is 574 g/mol. The summed E-state index contributed by atoms with van der Waals surface area (Å²) >= 11 is 10.1. The minimum absolute atomic E-state index is 0.0766. The molecular formula is C24H21BrClN3O6S. The summed E-state index contributed by atoms with van der Waals surface area (Å²) in [6, 6.07) is 11.7. The van der Waals surface area contributed by atoms with Crippen molar-refractivity contribution in [3.63, 3.8) is 0 Å². The van der Waals surface area contributed by atoms with Gasteiger partial charge in [-0.05, 0) is 69.7 Å². The summed E-state index contributed by atoms with van der Waals surface area (Å²) in [7, 11) is 0. The van der Waals surface area contributed by atoms with Crippen molar-refractivity contribution in [2.45, 2.75) is 0 Å². The summed E-state index contributed by atoms with van der Waals surface area (Å²) < 4.78 is 11.5. The molecule has 4 rings (SSSR count). The summed E-state index contributed by atoms with van der Waals surface area (Å²) in [4.78, 5) is 52.5. The smallest absolute Gasteiger partial charge is 0.294 e. The van der Waals surface area contributed by atoms with Crippen LogP contribution in [0.3, 0.4) is 0 Å². The normalized spacial score (nSPS) is 17.0. The minimum atomic E-state index is -0.551. The monoisotopic (exact) mass is 593 g/mol. The predicted molar refractivity (Wildman–Crippen MR) is 140 cm³/mol. The summed E-state index contributed by atoms with van der Waals surface area (Å²) in [5.74, 6) is -0.676. The van der Waals surface area contributed by atoms with E-state index in [0.29, 0.717) is 52.8 Å². The van der Waals surface area contributed by atoms with Gasteiger partial charge in [-0.1, -0.05) is 23.7 Å². The second kappa shape index (κ2) is 11.9. The maximum atomic E-state index is 12.7. The fourth-order valence-corrected chi connectivity index (χ4v) is 4.68. The molecule has 2 saturated heterocycles. The van der Waals surface area contributed by atoms with Crippen LogP contribution in [0.4, 0.5) is 10.5 Å². The Morgan fingerprint density at radius 3 is 2.56 bits per heavy atom. The maximum absolute atomic E-state index is 12.7. The van der Waals surface area contributed by atoms with Crippen molar-refractivity contribution in [2.24, 2.45) is 0 Å². The van der Waals surface area contributed by atoms with Gasteiger partial charge in [-0.15, -0.1) is 0 Å². The highest BCUT2D eigenvalue weighted by Crippen LogP contribution is 2.32. The van der Waals surface area contributed by atoms with Crippen LogP contribution in [0.1, 0.15) is 5.56 Å². The molecule has 0 atom stereocenters. The number of nitrogens with one attached hydrogen (secondary N) is 1. The van der Waals surface area contributed by atoms with Crippen molar-refractivity contribution in [1.29, 1.82) is 0 Å². The third-order valence-electron chi connectivity index (χ3n) is 5.28. The van der Waals surface area contributed by atoms with Gasteiger partial charge in [0.2, 0.25) is 5.91 Å². The molecule has 2 aliphatic rings. The zero-order chi connectivity index (χ0) is 25.7. The number of halogens is 2. The average Bonchev–Trinajstić information content (AvgIpc) is 3.13. The van der Waals surface area contributed by atoms with Gasteiger partial charge >= 0.3 is 0 Å². The molecule has 0 bridgehead atoms. The van der Waals surface area contributed by atoms with Gasteiger partial charge in [0.1, 0.15) is 12.3 Å². The zero-order valence-corrected chi connectivity index (χ0v) is 22.0. The number of amides is 4. The molecule has 4 amide bonds. The Hall–Kier alpha value is -2.86. The van der Waals surface area contributed by atoms with Crippen LogP contribution in [0.15, 0.2) is 51.8 Å². The Morgan fingerprint density at radius 2 is 1.86 bits per heavy atom. The number of morpholine rings is 1. The Bertz CT molecular complexity index is 1220. The summed E-state index contributed by atoms with van der Waals surface area (Å²) in [6.07, 6.45) is 1.57. The first-order valence-electron chi connectivity index (χ1n) is 10.9. The lowest BCUT2D eigenvalue weighted by Crippen LogP contribution is -2.42. The van der Waals surface area contributed by atoms with Crippen molar-refractivity contribution in [3.05, 3.63) is 62.4 Å². The van der Waals surface area contributed by atoms with Crippen LogP contribution in [0.5, 0.6) is 5.75 Å². The highest BCUT2D eigenvalue weighted by atomic mass is 79.9. The minimum Gasteiger partial charge on any atom is -0.484 e. The summed E-state index contributed by atoms with van der Waals surface area (Å²) in [6.45, 7) is 1.66. The molecule has 1 N–H and O–H groups in total. The van der Waals surface area contributed by atoms with E-state index < -0.39 is 23.6 Å². The fraction of sp³-hybridized carbons (Fsp3) is 0.250. The molecule has 2 aromatic rings. The number of benzene rings is 2. The Kier molecular flexibility index (Phi) is 8.68. The van der Waals surface area contributed by atoms with Gasteiger partial charge in [0.15, 0.2) is 6.61 Å². The standard InChI is InChI=1S/C24H21BrClN3O6S/c25-18-6-3-16(12-19(18)26)27-21(30)13-29-23(32)20(36-24(29)33)11-15-1-4-17(5-2-15)35-14-22(31)28-7-9-34-10-8-28/h1-6,11-12H,7-10,13-14H2,(H,27,30)/b20-11+. The number of ether oxygens (including phenoxy) is 2. The van der Waals surface area contributed by atoms with E-state index in [1.165, 1.54) is 0 Å². The lowest BCUT2D eigenvalue weighted by atomic mass is 10.2. The van der Waals surface area contributed by atoms with E-state index >= 15 is 0 Å². The van der Waals surface area contributed by atoms with E-state index in [-0.39, 0.29) is 17.4 Å². The van der Waals surface area contributed by atoms with Crippen LogP contribution < -0.4 is 10.1 Å². The van der Waals surface area contributed by atoms with E-state index in [4.69, 9.17) is 21.1 Å². The Balaban J connectivity index is 1.32. The molecule has 2 aliphatic heterocycles. The van der Waals surface area contributed by atoms with Gasteiger partial charge in [-0.25, -0.2) is 0 Å². The molecule has 0 unspecified atom stereocenters. The summed E-state index contributed by atoms with van der Waals surface area (Å²) in [5, 5.41) is 2.51. The van der Waals surface area contributed by atoms with E-state index in [9.17, 15) is 19.2 Å². The molecule has 2 fully saturated rings. The van der Waals surface area contributed by atoms with Gasteiger partial charge in [-0.3, -0.25) is 24.1 Å². The van der Waals surface area contributed by atoms with Crippen molar-refractivity contribution >= 4 is 74.0 Å². The molecule has 188 valence electrons. The second-order valence-corrected chi connectivity index (χ2v) is 10.1. The van der Waals surface area contributed by atoms with Crippen molar-refractivity contribution < 1.29 is 28.7 Å². The van der Waals surface area contributed by atoms with Crippen molar-refractivity contribution in [2.75, 3.05) is 44.8 Å². The number of hydrogen-bond donors (Lipinski definition) is 1. The topological polar surface area (TPSA) is 105 Å². The lowest BCUT2D eigenvalue weighted by molar-refractivity contribution is -0.137. The van der Waals surface area contributed by atoms with Gasteiger partial charge in [0.25, 0.3) is 17.1 Å². The molecule has 2 heterocycles. The number of imide groups is 1. The third-order valence-corrected chi connectivity index (χ3v) is 7.42. The highest BCUT2D eigenvalue weighted by Gasteiger charge is 2.36. The fourth-order valence-electron chi connectivity index (χ4n) is 3.42. The molecule has 0 spiro atoms. The van der Waals surface area contributed by atoms with Gasteiger partial charge in [0, 0.05) is 23.2 Å². The van der Waals surface area contributed by atoms with Crippen LogP contribution in [0, 0.1) is 0 Å². The molecule has 9 nitrogen and oxygen atoms in total. The quantitative estimate of drug-likeness (QED) is 0.483. The molecule has 2 aromatic carbocycles. The van der Waals surface area contributed by atoms with Crippen LogP contribution in [-0.2, 0) is 19.1 Å². The molecule has 12 heteroatoms. The number of carbonyl (C=O) groups is 4. The number of anilines is 1. The number of thioether (sulfide) groups is 1. The predicted octanol–water partition coefficient (Wildman–Crippen LogP) is 4.02. The molecule has 0 radical (unpaired) electrons. The number of hydrogen-bond acceptors (Lipinski definition) is 7. The van der Waals surface area contributed by atoms with E-state index in [0.717, 1.165) is 16.7 Å². The largest absolute Gasteiger partial charge is 0.484 e. The van der Waals surface area contributed by atoms with Crippen LogP contribution >= 0.6 is 39.3 Å². The first-order valence-corrected chi connectivity index (χ1v) is 12.9. The first kappa shape index (κ1) is 26.2. The summed E-state index contributed by atoms with van der Waals surface area (Å²) in [5.41, 5.74) is 1.12. The maximum Gasteiger partial charge on any atom is 0.294 e. The van der Waals surface area contributed by atoms with E-state index in [1.807, 2.05) is 0 Å². The molecule has 0 aliphatic carbocycles. The van der Waals surface area contributed by atoms with Crippen molar-refractivity contribution in [3.8, 4) is 5.75 Å². The van der Waals surface area contributed by atoms with E-state index in [1.54, 1.807) is 53.4 Å². The molecule has 0 saturated carbocycles. The SMILES string of the molecule is O=C(CN1C(=O)S/C(=C/c2ccc(OCC(=O)N3CCOCC3)cc2)C1=O)Nc1ccc(Br)c(Cl)c1. The van der Waals surface area contributed by atoms with Gasteiger partial charge in [0.05, 0.1) is 23.1 Å². The van der Waals surface area contributed by atoms with Gasteiger partial charge in [-0.2, -0.15) is 0 Å². The second-order valence-electron chi connectivity index (χ2n) is 7.80. The Morgan fingerprint density at radius 1 is 1.14 bits per heavy atom. The van der Waals surface area contributed by atoms with Gasteiger partial charge < -0.3 is 19.7 Å². The average molecular weight is 595 g/mol.